The molecule has 2 rings (SSSR count). The maximum absolute atomic E-state index is 12.2. The predicted molar refractivity (Wildman–Crippen MR) is 79.8 cm³/mol. The minimum Gasteiger partial charge on any atom is -0.335 e. The summed E-state index contributed by atoms with van der Waals surface area (Å²) in [7, 11) is 1.76. The van der Waals surface area contributed by atoms with Gasteiger partial charge in [-0.1, -0.05) is 19.1 Å². The van der Waals surface area contributed by atoms with Gasteiger partial charge in [0.25, 0.3) is 5.91 Å². The second-order valence-corrected chi connectivity index (χ2v) is 5.35. The number of aromatic nitrogens is 3. The fourth-order valence-electron chi connectivity index (χ4n) is 1.80. The van der Waals surface area contributed by atoms with Crippen LogP contribution in [0.15, 0.2) is 29.2 Å². The zero-order valence-electron chi connectivity index (χ0n) is 11.9. The molecular weight excluding hydrogens is 272 g/mol. The third-order valence-corrected chi connectivity index (χ3v) is 3.73. The average Bonchev–Trinajstić information content (AvgIpc) is 2.96. The summed E-state index contributed by atoms with van der Waals surface area (Å²) in [6.07, 6.45) is 2.78. The number of carbonyl (C=O) groups excluding carboxylic acids is 1. The van der Waals surface area contributed by atoms with E-state index < -0.39 is 0 Å². The van der Waals surface area contributed by atoms with Crippen molar-refractivity contribution in [3.8, 4) is 0 Å². The Labute approximate surface area is 122 Å². The molecule has 0 spiro atoms. The Hall–Kier alpha value is -1.82. The van der Waals surface area contributed by atoms with Crippen LogP contribution in [0.5, 0.6) is 0 Å². The van der Waals surface area contributed by atoms with E-state index in [9.17, 15) is 4.79 Å². The SMILES string of the molecule is CCc1nc(C(=O)N(C)Cc2ccc(SC)cc2)n[nH]1. The summed E-state index contributed by atoms with van der Waals surface area (Å²) in [6.45, 7) is 2.51. The third-order valence-electron chi connectivity index (χ3n) is 2.98. The highest BCUT2D eigenvalue weighted by Gasteiger charge is 2.16. The third kappa shape index (κ3) is 3.39. The van der Waals surface area contributed by atoms with Crippen LogP contribution in [0, 0.1) is 0 Å². The van der Waals surface area contributed by atoms with Crippen LogP contribution in [-0.2, 0) is 13.0 Å². The number of nitrogens with one attached hydrogen (secondary N) is 1. The molecule has 0 unspecified atom stereocenters. The molecule has 6 heteroatoms. The molecule has 1 amide bonds. The van der Waals surface area contributed by atoms with Crippen molar-refractivity contribution in [2.75, 3.05) is 13.3 Å². The lowest BCUT2D eigenvalue weighted by atomic mass is 10.2. The summed E-state index contributed by atoms with van der Waals surface area (Å²) in [5.41, 5.74) is 1.09. The van der Waals surface area contributed by atoms with Gasteiger partial charge in [-0.2, -0.15) is 0 Å². The van der Waals surface area contributed by atoms with E-state index in [2.05, 4.69) is 27.3 Å². The first-order valence-corrected chi connectivity index (χ1v) is 7.66. The Bertz CT molecular complexity index is 579. The lowest BCUT2D eigenvalue weighted by molar-refractivity contribution is 0.0773. The molecule has 0 bridgehead atoms. The lowest BCUT2D eigenvalue weighted by Crippen LogP contribution is -2.27. The van der Waals surface area contributed by atoms with E-state index in [-0.39, 0.29) is 11.7 Å². The van der Waals surface area contributed by atoms with Crippen LogP contribution in [-0.4, -0.2) is 39.3 Å². The van der Waals surface area contributed by atoms with Gasteiger partial charge in [0.05, 0.1) is 0 Å². The maximum Gasteiger partial charge on any atom is 0.293 e. The van der Waals surface area contributed by atoms with Gasteiger partial charge in [-0.15, -0.1) is 16.9 Å². The topological polar surface area (TPSA) is 61.9 Å². The molecule has 2 aromatic rings. The molecule has 1 heterocycles. The van der Waals surface area contributed by atoms with Crippen molar-refractivity contribution in [1.29, 1.82) is 0 Å². The van der Waals surface area contributed by atoms with E-state index in [1.165, 1.54) is 4.90 Å². The fraction of sp³-hybridized carbons (Fsp3) is 0.357. The number of rotatable bonds is 5. The number of benzene rings is 1. The van der Waals surface area contributed by atoms with Crippen LogP contribution in [0.1, 0.15) is 28.9 Å². The van der Waals surface area contributed by atoms with Crippen LogP contribution >= 0.6 is 11.8 Å². The molecule has 0 radical (unpaired) electrons. The molecule has 0 aliphatic heterocycles. The van der Waals surface area contributed by atoms with Crippen molar-refractivity contribution >= 4 is 17.7 Å². The van der Waals surface area contributed by atoms with Crippen LogP contribution in [0.25, 0.3) is 0 Å². The van der Waals surface area contributed by atoms with E-state index in [1.54, 1.807) is 23.7 Å². The first-order valence-electron chi connectivity index (χ1n) is 6.43. The Morgan fingerprint density at radius 1 is 1.35 bits per heavy atom. The van der Waals surface area contributed by atoms with Gasteiger partial charge >= 0.3 is 0 Å². The zero-order valence-corrected chi connectivity index (χ0v) is 12.7. The maximum atomic E-state index is 12.2. The summed E-state index contributed by atoms with van der Waals surface area (Å²) in [4.78, 5) is 19.2. The Balaban J connectivity index is 2.02. The van der Waals surface area contributed by atoms with Crippen molar-refractivity contribution < 1.29 is 4.79 Å². The van der Waals surface area contributed by atoms with Gasteiger partial charge < -0.3 is 4.90 Å². The normalized spacial score (nSPS) is 10.6. The molecule has 0 saturated carbocycles. The van der Waals surface area contributed by atoms with Gasteiger partial charge in [-0.3, -0.25) is 9.89 Å². The van der Waals surface area contributed by atoms with Gasteiger partial charge in [0, 0.05) is 24.9 Å². The molecule has 20 heavy (non-hydrogen) atoms. The van der Waals surface area contributed by atoms with E-state index in [0.29, 0.717) is 6.54 Å². The molecule has 1 aromatic heterocycles. The first kappa shape index (κ1) is 14.6. The van der Waals surface area contributed by atoms with Crippen LogP contribution in [0.3, 0.4) is 0 Å². The fourth-order valence-corrected chi connectivity index (χ4v) is 2.20. The van der Waals surface area contributed by atoms with Crippen LogP contribution < -0.4 is 0 Å². The molecule has 1 aromatic carbocycles. The lowest BCUT2D eigenvalue weighted by Gasteiger charge is -2.15. The van der Waals surface area contributed by atoms with Gasteiger partial charge in [0.15, 0.2) is 0 Å². The van der Waals surface area contributed by atoms with E-state index >= 15 is 0 Å². The number of hydrogen-bond acceptors (Lipinski definition) is 4. The van der Waals surface area contributed by atoms with Crippen molar-refractivity contribution in [3.05, 3.63) is 41.5 Å². The predicted octanol–water partition coefficient (Wildman–Crippen LogP) is 2.36. The van der Waals surface area contributed by atoms with Crippen molar-refractivity contribution in [2.45, 2.75) is 24.8 Å². The van der Waals surface area contributed by atoms with Gasteiger partial charge in [0.2, 0.25) is 5.82 Å². The van der Waals surface area contributed by atoms with Crippen molar-refractivity contribution in [2.24, 2.45) is 0 Å². The van der Waals surface area contributed by atoms with Crippen molar-refractivity contribution in [1.82, 2.24) is 20.1 Å². The molecule has 0 aliphatic rings. The quantitative estimate of drug-likeness (QED) is 0.859. The average molecular weight is 290 g/mol. The smallest absolute Gasteiger partial charge is 0.293 e. The highest BCUT2D eigenvalue weighted by Crippen LogP contribution is 2.15. The van der Waals surface area contributed by atoms with E-state index in [1.807, 2.05) is 25.3 Å². The molecule has 0 aliphatic carbocycles. The molecule has 0 atom stereocenters. The molecule has 0 saturated heterocycles. The summed E-state index contributed by atoms with van der Waals surface area (Å²) in [6, 6.07) is 8.18. The standard InChI is InChI=1S/C14H18N4OS/c1-4-12-15-13(17-16-12)14(19)18(2)9-10-5-7-11(20-3)8-6-10/h5-8H,4,9H2,1-3H3,(H,15,16,17). The van der Waals surface area contributed by atoms with Crippen LogP contribution in [0.2, 0.25) is 0 Å². The minimum absolute atomic E-state index is 0.171. The summed E-state index contributed by atoms with van der Waals surface area (Å²) in [5, 5.41) is 6.71. The first-order chi connectivity index (χ1) is 9.63. The molecule has 5 nitrogen and oxygen atoms in total. The van der Waals surface area contributed by atoms with E-state index in [4.69, 9.17) is 0 Å². The number of amides is 1. The second-order valence-electron chi connectivity index (χ2n) is 4.47. The van der Waals surface area contributed by atoms with Gasteiger partial charge in [-0.05, 0) is 24.0 Å². The summed E-state index contributed by atoms with van der Waals surface area (Å²) in [5.74, 6) is 0.783. The monoisotopic (exact) mass is 290 g/mol. The highest BCUT2D eigenvalue weighted by molar-refractivity contribution is 7.98. The summed E-state index contributed by atoms with van der Waals surface area (Å²) < 4.78 is 0. The zero-order chi connectivity index (χ0) is 14.5. The largest absolute Gasteiger partial charge is 0.335 e. The number of H-pyrrole nitrogens is 1. The summed E-state index contributed by atoms with van der Waals surface area (Å²) >= 11 is 1.70. The van der Waals surface area contributed by atoms with Gasteiger partial charge in [-0.25, -0.2) is 4.98 Å². The van der Waals surface area contributed by atoms with Gasteiger partial charge in [0.1, 0.15) is 5.82 Å². The number of thioether (sulfide) groups is 1. The molecule has 1 N–H and O–H groups in total. The molecule has 0 fully saturated rings. The number of hydrogen-bond donors (Lipinski definition) is 1. The number of aromatic amines is 1. The van der Waals surface area contributed by atoms with Crippen molar-refractivity contribution in [3.63, 3.8) is 0 Å². The number of carbonyl (C=O) groups is 1. The Kier molecular flexibility index (Phi) is 4.79. The second kappa shape index (κ2) is 6.56. The Morgan fingerprint density at radius 3 is 2.60 bits per heavy atom. The van der Waals surface area contributed by atoms with Crippen LogP contribution in [0.4, 0.5) is 0 Å². The minimum atomic E-state index is -0.171. The Morgan fingerprint density at radius 2 is 2.05 bits per heavy atom. The number of nitrogens with zero attached hydrogens (tertiary/aromatic N) is 3. The molecule has 106 valence electrons. The van der Waals surface area contributed by atoms with E-state index in [0.717, 1.165) is 17.8 Å². The highest BCUT2D eigenvalue weighted by atomic mass is 32.2. The number of aryl methyl sites for hydroxylation is 1. The molecular formula is C14H18N4OS.